The van der Waals surface area contributed by atoms with Crippen LogP contribution in [0.1, 0.15) is 4.88 Å². The van der Waals surface area contributed by atoms with Gasteiger partial charge in [-0.25, -0.2) is 15.0 Å². The van der Waals surface area contributed by atoms with E-state index in [2.05, 4.69) is 33.1 Å². The molecule has 0 unspecified atom stereocenters. The Kier molecular flexibility index (Phi) is 5.73. The third-order valence-electron chi connectivity index (χ3n) is 5.25. The van der Waals surface area contributed by atoms with Gasteiger partial charge in [-0.05, 0) is 17.5 Å². The summed E-state index contributed by atoms with van der Waals surface area (Å²) in [5.74, 6) is 0.874. The lowest BCUT2D eigenvalue weighted by Crippen LogP contribution is -2.49. The number of anilines is 1. The Labute approximate surface area is 188 Å². The maximum Gasteiger partial charge on any atom is 0.228 e. The van der Waals surface area contributed by atoms with Crippen molar-refractivity contribution in [3.8, 4) is 21.1 Å². The van der Waals surface area contributed by atoms with Crippen LogP contribution in [0.2, 0.25) is 0 Å². The van der Waals surface area contributed by atoms with Gasteiger partial charge in [-0.15, -0.1) is 22.7 Å². The minimum atomic E-state index is 0.148. The minimum Gasteiger partial charge on any atom is -0.339 e. The Bertz CT molecular complexity index is 1140. The van der Waals surface area contributed by atoms with E-state index in [1.807, 2.05) is 40.6 Å². The SMILES string of the molecule is O=C(Cc1sc(-c2ccccc2)nc1-c1cccs1)N1CCN(c2ncccn2)CC1. The maximum atomic E-state index is 13.1. The van der Waals surface area contributed by atoms with Gasteiger partial charge in [0.1, 0.15) is 5.01 Å². The maximum absolute atomic E-state index is 13.1. The number of aromatic nitrogens is 3. The average molecular weight is 448 g/mol. The second-order valence-corrected chi connectivity index (χ2v) is 9.26. The molecule has 1 fully saturated rings. The first-order valence-electron chi connectivity index (χ1n) is 10.2. The second-order valence-electron chi connectivity index (χ2n) is 7.23. The van der Waals surface area contributed by atoms with Crippen molar-refractivity contribution in [2.75, 3.05) is 31.1 Å². The Morgan fingerprint density at radius 3 is 2.42 bits per heavy atom. The van der Waals surface area contributed by atoms with E-state index < -0.39 is 0 Å². The zero-order chi connectivity index (χ0) is 21.0. The van der Waals surface area contributed by atoms with Gasteiger partial charge < -0.3 is 9.80 Å². The quantitative estimate of drug-likeness (QED) is 0.458. The van der Waals surface area contributed by atoms with Crippen molar-refractivity contribution >= 4 is 34.5 Å². The van der Waals surface area contributed by atoms with Gasteiger partial charge >= 0.3 is 0 Å². The van der Waals surface area contributed by atoms with E-state index in [1.54, 1.807) is 35.1 Å². The van der Waals surface area contributed by atoms with Crippen LogP contribution in [-0.4, -0.2) is 51.9 Å². The number of hydrogen-bond acceptors (Lipinski definition) is 7. The van der Waals surface area contributed by atoms with E-state index in [9.17, 15) is 4.79 Å². The van der Waals surface area contributed by atoms with Crippen LogP contribution in [0.15, 0.2) is 66.3 Å². The van der Waals surface area contributed by atoms with Crippen molar-refractivity contribution in [2.45, 2.75) is 6.42 Å². The molecule has 0 atom stereocenters. The molecule has 1 amide bonds. The molecule has 5 rings (SSSR count). The lowest BCUT2D eigenvalue weighted by atomic mass is 10.2. The zero-order valence-electron chi connectivity index (χ0n) is 16.8. The molecule has 3 aromatic heterocycles. The predicted molar refractivity (Wildman–Crippen MR) is 125 cm³/mol. The summed E-state index contributed by atoms with van der Waals surface area (Å²) in [6.07, 6.45) is 3.87. The summed E-state index contributed by atoms with van der Waals surface area (Å²) in [6.45, 7) is 2.84. The Morgan fingerprint density at radius 2 is 1.71 bits per heavy atom. The molecule has 1 aromatic carbocycles. The third-order valence-corrected chi connectivity index (χ3v) is 7.23. The Balaban J connectivity index is 1.32. The van der Waals surface area contributed by atoms with Crippen molar-refractivity contribution in [3.05, 3.63) is 71.2 Å². The third kappa shape index (κ3) is 4.35. The highest BCUT2D eigenvalue weighted by Crippen LogP contribution is 2.36. The molecule has 156 valence electrons. The van der Waals surface area contributed by atoms with Crippen LogP contribution in [0.4, 0.5) is 5.95 Å². The van der Waals surface area contributed by atoms with Crippen LogP contribution < -0.4 is 4.90 Å². The first kappa shape index (κ1) is 19.8. The van der Waals surface area contributed by atoms with Crippen molar-refractivity contribution in [1.29, 1.82) is 0 Å². The van der Waals surface area contributed by atoms with Gasteiger partial charge in [0, 0.05) is 49.0 Å². The number of piperazine rings is 1. The largest absolute Gasteiger partial charge is 0.339 e. The number of thiophene rings is 1. The lowest BCUT2D eigenvalue weighted by molar-refractivity contribution is -0.130. The fourth-order valence-electron chi connectivity index (χ4n) is 3.64. The first-order valence-corrected chi connectivity index (χ1v) is 11.9. The molecule has 0 saturated carbocycles. The van der Waals surface area contributed by atoms with Gasteiger partial charge in [-0.3, -0.25) is 4.79 Å². The lowest BCUT2D eigenvalue weighted by Gasteiger charge is -2.34. The standard InChI is InChI=1S/C23H21N5OS2/c29-20(27-11-13-28(14-12-27)23-24-9-5-10-25-23)16-19-21(18-8-4-15-30-18)26-22(31-19)17-6-2-1-3-7-17/h1-10,15H,11-14,16H2. The van der Waals surface area contributed by atoms with Crippen LogP contribution in [0.25, 0.3) is 21.1 Å². The van der Waals surface area contributed by atoms with Crippen molar-refractivity contribution in [2.24, 2.45) is 0 Å². The van der Waals surface area contributed by atoms with E-state index in [1.165, 1.54) is 0 Å². The molecule has 0 N–H and O–H groups in total. The number of benzene rings is 1. The summed E-state index contributed by atoms with van der Waals surface area (Å²) in [5.41, 5.74) is 2.02. The molecule has 1 aliphatic heterocycles. The number of carbonyl (C=O) groups excluding carboxylic acids is 1. The fourth-order valence-corrected chi connectivity index (χ4v) is 5.52. The second kappa shape index (κ2) is 8.95. The van der Waals surface area contributed by atoms with Crippen LogP contribution in [0.3, 0.4) is 0 Å². The molecule has 4 heterocycles. The summed E-state index contributed by atoms with van der Waals surface area (Å²) in [4.78, 5) is 32.9. The molecule has 4 aromatic rings. The van der Waals surface area contributed by atoms with Crippen LogP contribution in [0.5, 0.6) is 0 Å². The Morgan fingerprint density at radius 1 is 0.935 bits per heavy atom. The molecule has 0 bridgehead atoms. The molecule has 1 aliphatic rings. The molecule has 31 heavy (non-hydrogen) atoms. The highest BCUT2D eigenvalue weighted by molar-refractivity contribution is 7.17. The number of thiazole rings is 1. The van der Waals surface area contributed by atoms with Gasteiger partial charge in [0.2, 0.25) is 11.9 Å². The van der Waals surface area contributed by atoms with Gasteiger partial charge in [-0.1, -0.05) is 36.4 Å². The van der Waals surface area contributed by atoms with Gasteiger partial charge in [-0.2, -0.15) is 0 Å². The molecular weight excluding hydrogens is 426 g/mol. The van der Waals surface area contributed by atoms with Gasteiger partial charge in [0.25, 0.3) is 0 Å². The molecule has 0 aliphatic carbocycles. The van der Waals surface area contributed by atoms with Crippen LogP contribution in [-0.2, 0) is 11.2 Å². The predicted octanol–water partition coefficient (Wildman–Crippen LogP) is 4.22. The van der Waals surface area contributed by atoms with Crippen molar-refractivity contribution in [1.82, 2.24) is 19.9 Å². The van der Waals surface area contributed by atoms with Crippen molar-refractivity contribution < 1.29 is 4.79 Å². The topological polar surface area (TPSA) is 62.2 Å². The molecule has 6 nitrogen and oxygen atoms in total. The van der Waals surface area contributed by atoms with Gasteiger partial charge in [0.15, 0.2) is 0 Å². The summed E-state index contributed by atoms with van der Waals surface area (Å²) >= 11 is 3.28. The summed E-state index contributed by atoms with van der Waals surface area (Å²) in [7, 11) is 0. The normalized spacial score (nSPS) is 14.1. The van der Waals surface area contributed by atoms with E-state index in [0.717, 1.165) is 45.1 Å². The number of hydrogen-bond donors (Lipinski definition) is 0. The summed E-state index contributed by atoms with van der Waals surface area (Å²) in [6, 6.07) is 16.1. The van der Waals surface area contributed by atoms with Crippen molar-refractivity contribution in [3.63, 3.8) is 0 Å². The Hall–Kier alpha value is -3.10. The van der Waals surface area contributed by atoms with Crippen LogP contribution in [0, 0.1) is 0 Å². The average Bonchev–Trinajstić information content (AvgIpc) is 3.50. The first-order chi connectivity index (χ1) is 15.3. The summed E-state index contributed by atoms with van der Waals surface area (Å²) < 4.78 is 0. The number of carbonyl (C=O) groups is 1. The molecule has 0 spiro atoms. The number of nitrogens with zero attached hydrogens (tertiary/aromatic N) is 5. The smallest absolute Gasteiger partial charge is 0.228 e. The molecule has 0 radical (unpaired) electrons. The van der Waals surface area contributed by atoms with E-state index in [-0.39, 0.29) is 5.91 Å². The highest BCUT2D eigenvalue weighted by Gasteiger charge is 2.25. The highest BCUT2D eigenvalue weighted by atomic mass is 32.1. The summed E-state index contributed by atoms with van der Waals surface area (Å²) in [5, 5.41) is 3.01. The fraction of sp³-hybridized carbons (Fsp3) is 0.217. The number of amides is 1. The van der Waals surface area contributed by atoms with E-state index in [0.29, 0.717) is 19.5 Å². The van der Waals surface area contributed by atoms with E-state index >= 15 is 0 Å². The zero-order valence-corrected chi connectivity index (χ0v) is 18.5. The monoisotopic (exact) mass is 447 g/mol. The molecular formula is C23H21N5OS2. The van der Waals surface area contributed by atoms with Gasteiger partial charge in [0.05, 0.1) is 17.0 Å². The molecule has 1 saturated heterocycles. The van der Waals surface area contributed by atoms with Crippen LogP contribution >= 0.6 is 22.7 Å². The minimum absolute atomic E-state index is 0.148. The molecule has 8 heteroatoms. The number of rotatable bonds is 5. The van der Waals surface area contributed by atoms with E-state index in [4.69, 9.17) is 4.98 Å².